The maximum Gasteiger partial charge on any atom is 0.150 e. The molecule has 2 heteroatoms. The van der Waals surface area contributed by atoms with Crippen molar-refractivity contribution in [2.75, 3.05) is 6.54 Å². The van der Waals surface area contributed by atoms with Gasteiger partial charge in [-0.05, 0) is 30.2 Å². The van der Waals surface area contributed by atoms with Crippen molar-refractivity contribution >= 4 is 6.29 Å². The molecule has 0 aliphatic carbocycles. The van der Waals surface area contributed by atoms with Crippen LogP contribution in [0.15, 0.2) is 18.2 Å². The van der Waals surface area contributed by atoms with E-state index in [4.69, 9.17) is 0 Å². The Morgan fingerprint density at radius 1 is 1.36 bits per heavy atom. The van der Waals surface area contributed by atoms with Gasteiger partial charge < -0.3 is 5.32 Å². The molecule has 0 heterocycles. The van der Waals surface area contributed by atoms with E-state index in [1.54, 1.807) is 0 Å². The van der Waals surface area contributed by atoms with Crippen LogP contribution in [0.5, 0.6) is 0 Å². The molecule has 76 valence electrons. The summed E-state index contributed by atoms with van der Waals surface area (Å²) in [6.07, 6.45) is 1.91. The van der Waals surface area contributed by atoms with Crippen LogP contribution in [0.2, 0.25) is 0 Å². The number of hydrogen-bond donors (Lipinski definition) is 1. The highest BCUT2D eigenvalue weighted by molar-refractivity contribution is 5.77. The van der Waals surface area contributed by atoms with Gasteiger partial charge in [-0.25, -0.2) is 0 Å². The Morgan fingerprint density at radius 3 is 2.71 bits per heavy atom. The highest BCUT2D eigenvalue weighted by atomic mass is 16.1. The van der Waals surface area contributed by atoms with E-state index in [0.29, 0.717) is 0 Å². The Labute approximate surface area is 85.3 Å². The zero-order chi connectivity index (χ0) is 10.4. The van der Waals surface area contributed by atoms with E-state index in [9.17, 15) is 4.79 Å². The molecule has 0 radical (unpaired) electrons. The predicted octanol–water partition coefficient (Wildman–Crippen LogP) is 2.17. The molecule has 0 saturated carbocycles. The molecule has 0 aromatic heterocycles. The van der Waals surface area contributed by atoms with Gasteiger partial charge >= 0.3 is 0 Å². The molecule has 0 aliphatic rings. The second kappa shape index (κ2) is 5.55. The average molecular weight is 191 g/mol. The second-order valence-corrected chi connectivity index (χ2v) is 3.28. The van der Waals surface area contributed by atoms with Crippen molar-refractivity contribution in [3.8, 4) is 0 Å². The number of aryl methyl sites for hydroxylation is 1. The number of carbonyl (C=O) groups is 1. The second-order valence-electron chi connectivity index (χ2n) is 3.28. The number of rotatable bonds is 5. The summed E-state index contributed by atoms with van der Waals surface area (Å²) in [5.74, 6) is 0. The van der Waals surface area contributed by atoms with Crippen molar-refractivity contribution in [1.82, 2.24) is 5.32 Å². The fraction of sp³-hybridized carbons (Fsp3) is 0.417. The molecule has 0 saturated heterocycles. The minimum Gasteiger partial charge on any atom is -0.313 e. The van der Waals surface area contributed by atoms with Gasteiger partial charge in [-0.1, -0.05) is 26.0 Å². The molecule has 0 bridgehead atoms. The summed E-state index contributed by atoms with van der Waals surface area (Å²) in [6.45, 7) is 5.84. The monoisotopic (exact) mass is 191 g/mol. The van der Waals surface area contributed by atoms with Crippen molar-refractivity contribution in [3.63, 3.8) is 0 Å². The Balaban J connectivity index is 2.87. The third-order valence-electron chi connectivity index (χ3n) is 2.31. The molecule has 0 atom stereocenters. The van der Waals surface area contributed by atoms with E-state index >= 15 is 0 Å². The molecule has 1 rings (SSSR count). The molecule has 2 nitrogen and oxygen atoms in total. The average Bonchev–Trinajstić information content (AvgIpc) is 2.26. The standard InChI is InChI=1S/C12H17NO/c1-3-10-5-6-11(8-13-4-2)12(7-10)9-14/h5-7,9,13H,3-4,8H2,1-2H3. The molecule has 0 fully saturated rings. The van der Waals surface area contributed by atoms with Gasteiger partial charge in [-0.3, -0.25) is 4.79 Å². The lowest BCUT2D eigenvalue weighted by molar-refractivity contribution is 0.112. The molecular formula is C12H17NO. The van der Waals surface area contributed by atoms with Gasteiger partial charge in [0, 0.05) is 12.1 Å². The van der Waals surface area contributed by atoms with E-state index in [1.807, 2.05) is 12.1 Å². The van der Waals surface area contributed by atoms with Crippen molar-refractivity contribution in [2.45, 2.75) is 26.8 Å². The Bertz CT molecular complexity index is 307. The molecule has 14 heavy (non-hydrogen) atoms. The summed E-state index contributed by atoms with van der Waals surface area (Å²) >= 11 is 0. The van der Waals surface area contributed by atoms with Crippen molar-refractivity contribution in [3.05, 3.63) is 34.9 Å². The van der Waals surface area contributed by atoms with Crippen molar-refractivity contribution in [1.29, 1.82) is 0 Å². The Kier molecular flexibility index (Phi) is 4.33. The summed E-state index contributed by atoms with van der Waals surface area (Å²) in [7, 11) is 0. The highest BCUT2D eigenvalue weighted by Crippen LogP contribution is 2.10. The molecule has 1 N–H and O–H groups in total. The zero-order valence-electron chi connectivity index (χ0n) is 8.84. The van der Waals surface area contributed by atoms with Gasteiger partial charge in [0.05, 0.1) is 0 Å². The first-order valence-electron chi connectivity index (χ1n) is 5.09. The molecular weight excluding hydrogens is 174 g/mol. The lowest BCUT2D eigenvalue weighted by Crippen LogP contribution is -2.13. The minimum atomic E-state index is 0.772. The third-order valence-corrected chi connectivity index (χ3v) is 2.31. The fourth-order valence-electron chi connectivity index (χ4n) is 1.39. The number of hydrogen-bond acceptors (Lipinski definition) is 2. The van der Waals surface area contributed by atoms with E-state index in [2.05, 4.69) is 25.2 Å². The molecule has 0 unspecified atom stereocenters. The summed E-state index contributed by atoms with van der Waals surface area (Å²) in [6, 6.07) is 6.09. The molecule has 0 spiro atoms. The minimum absolute atomic E-state index is 0.772. The SMILES string of the molecule is CCNCc1ccc(CC)cc1C=O. The van der Waals surface area contributed by atoms with Crippen LogP contribution in [-0.2, 0) is 13.0 Å². The third kappa shape index (κ3) is 2.67. The zero-order valence-corrected chi connectivity index (χ0v) is 8.84. The smallest absolute Gasteiger partial charge is 0.150 e. The molecule has 1 aromatic carbocycles. The van der Waals surface area contributed by atoms with Crippen LogP contribution in [0, 0.1) is 0 Å². The highest BCUT2D eigenvalue weighted by Gasteiger charge is 2.01. The van der Waals surface area contributed by atoms with Crippen LogP contribution >= 0.6 is 0 Å². The van der Waals surface area contributed by atoms with Crippen LogP contribution in [-0.4, -0.2) is 12.8 Å². The van der Waals surface area contributed by atoms with Gasteiger partial charge in [0.25, 0.3) is 0 Å². The normalized spacial score (nSPS) is 10.1. The maximum atomic E-state index is 10.8. The number of aldehydes is 1. The van der Waals surface area contributed by atoms with E-state index in [-0.39, 0.29) is 0 Å². The number of nitrogens with one attached hydrogen (secondary N) is 1. The molecule has 1 aromatic rings. The number of benzene rings is 1. The van der Waals surface area contributed by atoms with Crippen LogP contribution in [0.1, 0.15) is 35.3 Å². The number of carbonyl (C=O) groups excluding carboxylic acids is 1. The van der Waals surface area contributed by atoms with Gasteiger partial charge in [-0.2, -0.15) is 0 Å². The first-order chi connectivity index (χ1) is 6.81. The fourth-order valence-corrected chi connectivity index (χ4v) is 1.39. The molecule has 0 aliphatic heterocycles. The summed E-state index contributed by atoms with van der Waals surface area (Å²) < 4.78 is 0. The van der Waals surface area contributed by atoms with Gasteiger partial charge in [0.15, 0.2) is 0 Å². The predicted molar refractivity (Wildman–Crippen MR) is 58.6 cm³/mol. The Morgan fingerprint density at radius 2 is 2.14 bits per heavy atom. The largest absolute Gasteiger partial charge is 0.313 e. The Hall–Kier alpha value is -1.15. The van der Waals surface area contributed by atoms with Crippen LogP contribution in [0.3, 0.4) is 0 Å². The topological polar surface area (TPSA) is 29.1 Å². The maximum absolute atomic E-state index is 10.8. The first-order valence-corrected chi connectivity index (χ1v) is 5.09. The lowest BCUT2D eigenvalue weighted by atomic mass is 10.0. The van der Waals surface area contributed by atoms with Gasteiger partial charge in [0.1, 0.15) is 6.29 Å². The van der Waals surface area contributed by atoms with Crippen LogP contribution < -0.4 is 5.32 Å². The summed E-state index contributed by atoms with van der Waals surface area (Å²) in [5.41, 5.74) is 3.11. The van der Waals surface area contributed by atoms with E-state index < -0.39 is 0 Å². The summed E-state index contributed by atoms with van der Waals surface area (Å²) in [4.78, 5) is 10.8. The van der Waals surface area contributed by atoms with Crippen molar-refractivity contribution < 1.29 is 4.79 Å². The molecule has 0 amide bonds. The van der Waals surface area contributed by atoms with E-state index in [1.165, 1.54) is 5.56 Å². The van der Waals surface area contributed by atoms with E-state index in [0.717, 1.165) is 36.9 Å². The van der Waals surface area contributed by atoms with Crippen molar-refractivity contribution in [2.24, 2.45) is 0 Å². The quantitative estimate of drug-likeness (QED) is 0.723. The van der Waals surface area contributed by atoms with Gasteiger partial charge in [-0.15, -0.1) is 0 Å². The summed E-state index contributed by atoms with van der Waals surface area (Å²) in [5, 5.41) is 3.22. The van der Waals surface area contributed by atoms with Gasteiger partial charge in [0.2, 0.25) is 0 Å². The van der Waals surface area contributed by atoms with Crippen LogP contribution in [0.4, 0.5) is 0 Å². The first kappa shape index (κ1) is 10.9. The lowest BCUT2D eigenvalue weighted by Gasteiger charge is -2.06. The van der Waals surface area contributed by atoms with Crippen LogP contribution in [0.25, 0.3) is 0 Å².